The molecule has 0 heterocycles. The van der Waals surface area contributed by atoms with Crippen molar-refractivity contribution in [1.29, 1.82) is 5.26 Å². The van der Waals surface area contributed by atoms with E-state index in [0.29, 0.717) is 6.42 Å². The Hall–Kier alpha value is -1.04. The lowest BCUT2D eigenvalue weighted by molar-refractivity contribution is -0.144. The average molecular weight is 141 g/mol. The molecule has 3 heteroatoms. The van der Waals surface area contributed by atoms with E-state index >= 15 is 0 Å². The molecule has 0 bridgehead atoms. The van der Waals surface area contributed by atoms with Gasteiger partial charge >= 0.3 is 5.97 Å². The Bertz CT molecular complexity index is 148. The minimum atomic E-state index is -0.553. The van der Waals surface area contributed by atoms with Crippen molar-refractivity contribution in [3.63, 3.8) is 0 Å². The van der Waals surface area contributed by atoms with Crippen molar-refractivity contribution in [2.24, 2.45) is 0 Å². The molecular formula is C7H11NO2. The number of hydrogen-bond acceptors (Lipinski definition) is 3. The van der Waals surface area contributed by atoms with E-state index < -0.39 is 6.10 Å². The first-order valence-electron chi connectivity index (χ1n) is 3.27. The van der Waals surface area contributed by atoms with Crippen LogP contribution in [0, 0.1) is 11.3 Å². The summed E-state index contributed by atoms with van der Waals surface area (Å²) in [5, 5.41) is 8.38. The van der Waals surface area contributed by atoms with Crippen LogP contribution in [0.25, 0.3) is 0 Å². The van der Waals surface area contributed by atoms with Crippen LogP contribution in [-0.4, -0.2) is 12.1 Å². The van der Waals surface area contributed by atoms with Crippen molar-refractivity contribution < 1.29 is 9.53 Å². The Morgan fingerprint density at radius 3 is 2.70 bits per heavy atom. The van der Waals surface area contributed by atoms with Gasteiger partial charge in [-0.1, -0.05) is 13.3 Å². The molecule has 56 valence electrons. The van der Waals surface area contributed by atoms with Crippen LogP contribution in [0.15, 0.2) is 0 Å². The summed E-state index contributed by atoms with van der Waals surface area (Å²) in [6, 6.07) is 1.89. The van der Waals surface area contributed by atoms with Gasteiger partial charge in [0.1, 0.15) is 6.07 Å². The second-order valence-electron chi connectivity index (χ2n) is 2.02. The van der Waals surface area contributed by atoms with E-state index in [-0.39, 0.29) is 5.97 Å². The third-order valence-electron chi connectivity index (χ3n) is 1.00. The highest BCUT2D eigenvalue weighted by molar-refractivity contribution is 5.66. The molecule has 1 atom stereocenters. The molecule has 0 spiro atoms. The van der Waals surface area contributed by atoms with Crippen LogP contribution in [0.2, 0.25) is 0 Å². The van der Waals surface area contributed by atoms with Gasteiger partial charge in [-0.05, 0) is 6.42 Å². The summed E-state index contributed by atoms with van der Waals surface area (Å²) in [5.74, 6) is -0.389. The summed E-state index contributed by atoms with van der Waals surface area (Å²) in [4.78, 5) is 10.3. The largest absolute Gasteiger partial charge is 0.447 e. The maximum atomic E-state index is 10.3. The average Bonchev–Trinajstić information content (AvgIpc) is 1.86. The second kappa shape index (κ2) is 4.80. The summed E-state index contributed by atoms with van der Waals surface area (Å²) in [6.07, 6.45) is 0.921. The first kappa shape index (κ1) is 8.96. The molecule has 0 aromatic heterocycles. The Morgan fingerprint density at radius 1 is 1.80 bits per heavy atom. The van der Waals surface area contributed by atoms with Crippen LogP contribution in [0.4, 0.5) is 0 Å². The van der Waals surface area contributed by atoms with Crippen LogP contribution in [-0.2, 0) is 9.53 Å². The van der Waals surface area contributed by atoms with E-state index in [0.717, 1.165) is 6.42 Å². The summed E-state index contributed by atoms with van der Waals surface area (Å²) in [5.41, 5.74) is 0. The highest BCUT2D eigenvalue weighted by Gasteiger charge is 2.07. The maximum absolute atomic E-state index is 10.3. The van der Waals surface area contributed by atoms with Crippen molar-refractivity contribution in [3.05, 3.63) is 0 Å². The van der Waals surface area contributed by atoms with Gasteiger partial charge in [-0.15, -0.1) is 0 Å². The lowest BCUT2D eigenvalue weighted by Crippen LogP contribution is -2.13. The fourth-order valence-corrected chi connectivity index (χ4v) is 0.612. The standard InChI is InChI=1S/C7H11NO2/c1-3-4-7(5-8)10-6(2)9/h7H,3-4H2,1-2H3/t7-/m1/s1. The lowest BCUT2D eigenvalue weighted by atomic mass is 10.2. The molecule has 0 rings (SSSR count). The highest BCUT2D eigenvalue weighted by Crippen LogP contribution is 2.00. The molecule has 0 saturated carbocycles. The van der Waals surface area contributed by atoms with E-state index in [1.807, 2.05) is 13.0 Å². The molecule has 0 aromatic carbocycles. The summed E-state index contributed by atoms with van der Waals surface area (Å²) in [7, 11) is 0. The van der Waals surface area contributed by atoms with Crippen molar-refractivity contribution >= 4 is 5.97 Å². The number of esters is 1. The molecule has 0 fully saturated rings. The molecule has 0 aliphatic carbocycles. The zero-order valence-corrected chi connectivity index (χ0v) is 6.26. The van der Waals surface area contributed by atoms with E-state index in [9.17, 15) is 4.79 Å². The van der Waals surface area contributed by atoms with Crippen molar-refractivity contribution in [3.8, 4) is 6.07 Å². The number of hydrogen-bond donors (Lipinski definition) is 0. The molecule has 10 heavy (non-hydrogen) atoms. The van der Waals surface area contributed by atoms with Gasteiger partial charge in [0, 0.05) is 6.92 Å². The first-order valence-corrected chi connectivity index (χ1v) is 3.27. The van der Waals surface area contributed by atoms with Gasteiger partial charge in [-0.25, -0.2) is 0 Å². The monoisotopic (exact) mass is 141 g/mol. The van der Waals surface area contributed by atoms with Crippen molar-refractivity contribution in [1.82, 2.24) is 0 Å². The minimum absolute atomic E-state index is 0.389. The van der Waals surface area contributed by atoms with E-state index in [2.05, 4.69) is 4.74 Å². The highest BCUT2D eigenvalue weighted by atomic mass is 16.5. The molecule has 0 radical (unpaired) electrons. The Morgan fingerprint density at radius 2 is 2.40 bits per heavy atom. The molecule has 0 saturated heterocycles. The number of nitrogens with zero attached hydrogens (tertiary/aromatic N) is 1. The zero-order chi connectivity index (χ0) is 7.98. The van der Waals surface area contributed by atoms with E-state index in [4.69, 9.17) is 5.26 Å². The Kier molecular flexibility index (Phi) is 4.30. The molecular weight excluding hydrogens is 130 g/mol. The van der Waals surface area contributed by atoms with Crippen molar-refractivity contribution in [2.45, 2.75) is 32.8 Å². The summed E-state index contributed by atoms with van der Waals surface area (Å²) in [6.45, 7) is 3.24. The van der Waals surface area contributed by atoms with Gasteiger partial charge in [0.2, 0.25) is 0 Å². The molecule has 3 nitrogen and oxygen atoms in total. The summed E-state index contributed by atoms with van der Waals surface area (Å²) < 4.78 is 4.64. The first-order chi connectivity index (χ1) is 4.70. The third-order valence-corrected chi connectivity index (χ3v) is 1.00. The van der Waals surface area contributed by atoms with Gasteiger partial charge < -0.3 is 4.74 Å². The van der Waals surface area contributed by atoms with Gasteiger partial charge in [0.15, 0.2) is 6.10 Å². The van der Waals surface area contributed by atoms with E-state index in [1.165, 1.54) is 6.92 Å². The SMILES string of the molecule is CCC[C@H](C#N)OC(C)=O. The normalized spacial score (nSPS) is 11.7. The predicted molar refractivity (Wildman–Crippen MR) is 36.1 cm³/mol. The molecule has 0 aliphatic rings. The van der Waals surface area contributed by atoms with Crippen molar-refractivity contribution in [2.75, 3.05) is 0 Å². The van der Waals surface area contributed by atoms with Gasteiger partial charge in [0.05, 0.1) is 0 Å². The Balaban J connectivity index is 3.63. The number of rotatable bonds is 3. The molecule has 0 unspecified atom stereocenters. The molecule has 0 aromatic rings. The lowest BCUT2D eigenvalue weighted by Gasteiger charge is -2.05. The van der Waals surface area contributed by atoms with Crippen LogP contribution >= 0.6 is 0 Å². The minimum Gasteiger partial charge on any atom is -0.447 e. The van der Waals surface area contributed by atoms with Gasteiger partial charge in [-0.2, -0.15) is 5.26 Å². The number of ether oxygens (including phenoxy) is 1. The maximum Gasteiger partial charge on any atom is 0.303 e. The smallest absolute Gasteiger partial charge is 0.303 e. The number of carbonyl (C=O) groups excluding carboxylic acids is 1. The van der Waals surface area contributed by atoms with Gasteiger partial charge in [-0.3, -0.25) is 4.79 Å². The fraction of sp³-hybridized carbons (Fsp3) is 0.714. The third kappa shape index (κ3) is 3.90. The van der Waals surface area contributed by atoms with E-state index in [1.54, 1.807) is 0 Å². The fourth-order valence-electron chi connectivity index (χ4n) is 0.612. The van der Waals surface area contributed by atoms with Crippen LogP contribution < -0.4 is 0 Å². The number of carbonyl (C=O) groups is 1. The van der Waals surface area contributed by atoms with Crippen LogP contribution in [0.3, 0.4) is 0 Å². The molecule has 0 amide bonds. The second-order valence-corrected chi connectivity index (χ2v) is 2.02. The Labute approximate surface area is 60.6 Å². The van der Waals surface area contributed by atoms with Gasteiger partial charge in [0.25, 0.3) is 0 Å². The zero-order valence-electron chi connectivity index (χ0n) is 6.26. The van der Waals surface area contributed by atoms with Crippen LogP contribution in [0.5, 0.6) is 0 Å². The topological polar surface area (TPSA) is 50.1 Å². The predicted octanol–water partition coefficient (Wildman–Crippen LogP) is 1.24. The number of nitriles is 1. The summed E-state index contributed by atoms with van der Waals surface area (Å²) >= 11 is 0. The van der Waals surface area contributed by atoms with Crippen LogP contribution in [0.1, 0.15) is 26.7 Å². The molecule has 0 N–H and O–H groups in total. The quantitative estimate of drug-likeness (QED) is 0.555. The molecule has 0 aliphatic heterocycles.